The van der Waals surface area contributed by atoms with Crippen molar-refractivity contribution in [3.63, 3.8) is 0 Å². The molecule has 0 fully saturated rings. The molecule has 20 heavy (non-hydrogen) atoms. The third-order valence-corrected chi connectivity index (χ3v) is 2.77. The molecule has 5 heteroatoms. The predicted molar refractivity (Wildman–Crippen MR) is 77.5 cm³/mol. The Morgan fingerprint density at radius 3 is 2.80 bits per heavy atom. The fraction of sp³-hybridized carbons (Fsp3) is 0.267. The van der Waals surface area contributed by atoms with E-state index in [-0.39, 0.29) is 11.7 Å². The van der Waals surface area contributed by atoms with Crippen molar-refractivity contribution in [3.8, 4) is 23.8 Å². The van der Waals surface area contributed by atoms with Crippen molar-refractivity contribution in [2.45, 2.75) is 26.7 Å². The van der Waals surface area contributed by atoms with Crippen molar-refractivity contribution in [3.05, 3.63) is 35.5 Å². The molecule has 0 bridgehead atoms. The van der Waals surface area contributed by atoms with Crippen LogP contribution in [0.4, 0.5) is 5.82 Å². The molecule has 2 rings (SSSR count). The van der Waals surface area contributed by atoms with Gasteiger partial charge in [0.25, 0.3) is 0 Å². The van der Waals surface area contributed by atoms with Crippen LogP contribution in [-0.2, 0) is 0 Å². The Morgan fingerprint density at radius 2 is 2.15 bits per heavy atom. The number of terminal acetylenes is 1. The summed E-state index contributed by atoms with van der Waals surface area (Å²) >= 11 is 0. The minimum absolute atomic E-state index is 0.220. The molecule has 0 spiro atoms. The van der Waals surface area contributed by atoms with Crippen LogP contribution in [0.3, 0.4) is 0 Å². The molecule has 102 valence electrons. The number of rotatable bonds is 3. The Kier molecular flexibility index (Phi) is 3.46. The van der Waals surface area contributed by atoms with Crippen LogP contribution >= 0.6 is 0 Å². The van der Waals surface area contributed by atoms with E-state index >= 15 is 0 Å². The van der Waals surface area contributed by atoms with E-state index in [1.807, 2.05) is 13.8 Å². The molecule has 0 amide bonds. The first-order valence-electron chi connectivity index (χ1n) is 6.71. The summed E-state index contributed by atoms with van der Waals surface area (Å²) in [5.41, 5.74) is 7.23. The van der Waals surface area contributed by atoms with E-state index in [1.54, 1.807) is 19.2 Å². The molecular formula is C15H16N4O. The minimum atomic E-state index is 0.220. The van der Waals surface area contributed by atoms with Gasteiger partial charge in [-0.25, -0.2) is 15.0 Å². The molecule has 0 radical (unpaired) electrons. The molecular weight excluding hydrogens is 252 g/mol. The highest BCUT2D eigenvalue weighted by Crippen LogP contribution is 2.32. The van der Waals surface area contributed by atoms with Gasteiger partial charge in [0.05, 0.1) is 6.20 Å². The molecule has 0 atom stereocenters. The molecule has 0 aliphatic carbocycles. The van der Waals surface area contributed by atoms with Gasteiger partial charge in [0.2, 0.25) is 0 Å². The molecule has 5 nitrogen and oxygen atoms in total. The van der Waals surface area contributed by atoms with E-state index < -0.39 is 0 Å². The zero-order chi connectivity index (χ0) is 15.4. The number of nitrogens with two attached hydrogens (primary N) is 1. The largest absolute Gasteiger partial charge is 0.451 e. The first-order chi connectivity index (χ1) is 10.0. The number of aryl methyl sites for hydroxylation is 1. The number of nitrogen functional groups attached to an aromatic ring is 1. The van der Waals surface area contributed by atoms with Crippen LogP contribution in [0.15, 0.2) is 18.5 Å². The van der Waals surface area contributed by atoms with Gasteiger partial charge in [0.15, 0.2) is 11.6 Å². The summed E-state index contributed by atoms with van der Waals surface area (Å²) in [5, 5.41) is 0. The summed E-state index contributed by atoms with van der Waals surface area (Å²) in [6, 6.07) is 1.69. The molecule has 0 unspecified atom stereocenters. The smallest absolute Gasteiger partial charge is 0.187 e. The first kappa shape index (κ1) is 12.4. The lowest BCUT2D eigenvalue weighted by atomic mass is 10.0. The normalized spacial score (nSPS) is 10.7. The summed E-state index contributed by atoms with van der Waals surface area (Å²) in [6.07, 6.45) is 5.31. The fourth-order valence-electron chi connectivity index (χ4n) is 1.71. The van der Waals surface area contributed by atoms with E-state index in [0.29, 0.717) is 23.0 Å². The molecule has 2 aromatic heterocycles. The number of hydrogen-bond acceptors (Lipinski definition) is 5. The number of ether oxygens (including phenoxy) is 1. The van der Waals surface area contributed by atoms with Gasteiger partial charge in [0.1, 0.15) is 18.6 Å². The average Bonchev–Trinajstić information content (AvgIpc) is 2.42. The lowest BCUT2D eigenvalue weighted by Gasteiger charge is -2.14. The van der Waals surface area contributed by atoms with Crippen molar-refractivity contribution < 1.29 is 6.11 Å². The summed E-state index contributed by atoms with van der Waals surface area (Å²) in [7, 11) is 0. The molecule has 0 saturated heterocycles. The quantitative estimate of drug-likeness (QED) is 0.867. The van der Waals surface area contributed by atoms with E-state index in [2.05, 4.69) is 27.3 Å². The molecule has 0 aliphatic heterocycles. The maximum atomic E-state index is 6.95. The van der Waals surface area contributed by atoms with Crippen molar-refractivity contribution in [1.29, 1.82) is 0 Å². The first-order valence-corrected chi connectivity index (χ1v) is 6.21. The predicted octanol–water partition coefficient (Wildman–Crippen LogP) is 2.66. The highest BCUT2D eigenvalue weighted by atomic mass is 16.5. The number of hydrogen-bond donors (Lipinski definition) is 1. The molecule has 2 N–H and O–H groups in total. The van der Waals surface area contributed by atoms with Crippen LogP contribution in [0.25, 0.3) is 0 Å². The third kappa shape index (κ3) is 2.86. The number of pyridine rings is 1. The molecule has 0 aliphatic rings. The second-order valence-corrected chi connectivity index (χ2v) is 4.66. The Balaban J connectivity index is 2.44. The fourth-order valence-corrected chi connectivity index (χ4v) is 1.71. The second-order valence-electron chi connectivity index (χ2n) is 4.66. The van der Waals surface area contributed by atoms with Crippen molar-refractivity contribution in [2.75, 3.05) is 5.73 Å². The van der Waals surface area contributed by atoms with Gasteiger partial charge in [-0.05, 0) is 12.8 Å². The Morgan fingerprint density at radius 1 is 1.35 bits per heavy atom. The Labute approximate surface area is 119 Å². The van der Waals surface area contributed by atoms with Gasteiger partial charge >= 0.3 is 0 Å². The molecule has 2 aromatic rings. The minimum Gasteiger partial charge on any atom is -0.451 e. The van der Waals surface area contributed by atoms with Crippen LogP contribution < -0.4 is 10.5 Å². The molecule has 0 saturated carbocycles. The van der Waals surface area contributed by atoms with Gasteiger partial charge in [-0.1, -0.05) is 19.8 Å². The van der Waals surface area contributed by atoms with E-state index in [0.717, 1.165) is 5.56 Å². The number of nitrogens with zero attached hydrogens (tertiary/aromatic N) is 3. The maximum absolute atomic E-state index is 6.95. The number of aromatic nitrogens is 3. The summed E-state index contributed by atoms with van der Waals surface area (Å²) < 4.78 is 12.8. The van der Waals surface area contributed by atoms with Crippen molar-refractivity contribution in [1.82, 2.24) is 15.0 Å². The van der Waals surface area contributed by atoms with E-state index in [9.17, 15) is 0 Å². The third-order valence-electron chi connectivity index (χ3n) is 2.77. The van der Waals surface area contributed by atoms with Crippen molar-refractivity contribution >= 4 is 5.82 Å². The van der Waals surface area contributed by atoms with E-state index in [1.165, 1.54) is 6.20 Å². The SMILES string of the molecule is [2H]C#Cc1cc(Oc2cnc(C)nc2N)c(C(C)C)cn1. The second kappa shape index (κ2) is 5.57. The van der Waals surface area contributed by atoms with Crippen molar-refractivity contribution in [2.24, 2.45) is 0 Å². The summed E-state index contributed by atoms with van der Waals surface area (Å²) in [4.78, 5) is 12.3. The molecule has 0 aromatic carbocycles. The highest BCUT2D eigenvalue weighted by Gasteiger charge is 2.13. The van der Waals surface area contributed by atoms with E-state index in [4.69, 9.17) is 11.8 Å². The van der Waals surface area contributed by atoms with Gasteiger partial charge < -0.3 is 10.5 Å². The lowest BCUT2D eigenvalue weighted by Crippen LogP contribution is -2.02. The van der Waals surface area contributed by atoms with Crippen LogP contribution in [0.5, 0.6) is 11.5 Å². The Hall–Kier alpha value is -2.61. The zero-order valence-corrected chi connectivity index (χ0v) is 11.6. The van der Waals surface area contributed by atoms with Gasteiger partial charge in [-0.3, -0.25) is 0 Å². The lowest BCUT2D eigenvalue weighted by molar-refractivity contribution is 0.469. The Bertz CT molecular complexity index is 719. The van der Waals surface area contributed by atoms with Crippen LogP contribution in [0, 0.1) is 19.2 Å². The standard InChI is InChI=1S/C15H16N4O/c1-5-11-6-13(12(7-18-11)9(2)3)20-14-8-17-10(4)19-15(14)16/h1,6-9H,2-4H3,(H2,16,17,19)/i1D. The van der Waals surface area contributed by atoms with Gasteiger partial charge in [-0.2, -0.15) is 0 Å². The van der Waals surface area contributed by atoms with Crippen LogP contribution in [-0.4, -0.2) is 15.0 Å². The van der Waals surface area contributed by atoms with Gasteiger partial charge in [-0.15, -0.1) is 6.40 Å². The van der Waals surface area contributed by atoms with Gasteiger partial charge in [0, 0.05) is 17.8 Å². The zero-order valence-electron chi connectivity index (χ0n) is 12.6. The summed E-state index contributed by atoms with van der Waals surface area (Å²) in [6.45, 7) is 5.83. The van der Waals surface area contributed by atoms with Crippen LogP contribution in [0.2, 0.25) is 0 Å². The average molecular weight is 269 g/mol. The number of anilines is 1. The van der Waals surface area contributed by atoms with Crippen LogP contribution in [0.1, 0.15) is 38.2 Å². The highest BCUT2D eigenvalue weighted by molar-refractivity contribution is 5.49. The topological polar surface area (TPSA) is 73.9 Å². The maximum Gasteiger partial charge on any atom is 0.187 e. The summed E-state index contributed by atoms with van der Waals surface area (Å²) in [5.74, 6) is 4.65. The molecule has 2 heterocycles. The monoisotopic (exact) mass is 269 g/mol.